The fourth-order valence-corrected chi connectivity index (χ4v) is 7.94. The molecule has 0 amide bonds. The maximum atomic E-state index is 6.80. The van der Waals surface area contributed by atoms with Crippen molar-refractivity contribution in [1.29, 1.82) is 0 Å². The molecule has 3 nitrogen and oxygen atoms in total. The van der Waals surface area contributed by atoms with E-state index in [1.165, 1.54) is 16.3 Å². The van der Waals surface area contributed by atoms with E-state index >= 15 is 0 Å². The molecular formula is C46H26O3. The zero-order valence-electron chi connectivity index (χ0n) is 26.2. The van der Waals surface area contributed by atoms with Crippen LogP contribution in [0.4, 0.5) is 0 Å². The molecule has 3 heteroatoms. The van der Waals surface area contributed by atoms with Gasteiger partial charge in [-0.2, -0.15) is 0 Å². The van der Waals surface area contributed by atoms with E-state index in [1.54, 1.807) is 0 Å². The Morgan fingerprint density at radius 2 is 0.796 bits per heavy atom. The normalized spacial score (nSPS) is 12.1. The minimum absolute atomic E-state index is 0.832. The summed E-state index contributed by atoms with van der Waals surface area (Å²) in [4.78, 5) is 0. The Morgan fingerprint density at radius 3 is 1.49 bits per heavy atom. The van der Waals surface area contributed by atoms with Crippen LogP contribution in [0, 0.1) is 0 Å². The van der Waals surface area contributed by atoms with Gasteiger partial charge in [0, 0.05) is 43.6 Å². The van der Waals surface area contributed by atoms with Crippen LogP contribution in [0.25, 0.3) is 110 Å². The van der Waals surface area contributed by atoms with E-state index < -0.39 is 0 Å². The van der Waals surface area contributed by atoms with Gasteiger partial charge in [0.15, 0.2) is 0 Å². The van der Waals surface area contributed by atoms with E-state index in [4.69, 9.17) is 13.3 Å². The molecule has 0 spiro atoms. The van der Waals surface area contributed by atoms with Crippen molar-refractivity contribution >= 4 is 76.4 Å². The van der Waals surface area contributed by atoms with E-state index in [9.17, 15) is 0 Å². The first-order valence-corrected chi connectivity index (χ1v) is 16.6. The Morgan fingerprint density at radius 1 is 0.265 bits per heavy atom. The van der Waals surface area contributed by atoms with Crippen LogP contribution in [0.15, 0.2) is 171 Å². The second kappa shape index (κ2) is 9.96. The van der Waals surface area contributed by atoms with E-state index in [1.807, 2.05) is 42.5 Å². The lowest BCUT2D eigenvalue weighted by Gasteiger charge is -2.18. The first kappa shape index (κ1) is 26.5. The molecule has 0 unspecified atom stereocenters. The smallest absolute Gasteiger partial charge is 0.144 e. The summed E-state index contributed by atoms with van der Waals surface area (Å²) >= 11 is 0. The van der Waals surface area contributed by atoms with Gasteiger partial charge in [0.2, 0.25) is 0 Å². The highest BCUT2D eigenvalue weighted by Crippen LogP contribution is 2.50. The molecule has 0 saturated heterocycles. The van der Waals surface area contributed by atoms with Crippen molar-refractivity contribution in [3.63, 3.8) is 0 Å². The van der Waals surface area contributed by atoms with Crippen molar-refractivity contribution in [2.75, 3.05) is 0 Å². The quantitative estimate of drug-likeness (QED) is 0.183. The summed E-state index contributed by atoms with van der Waals surface area (Å²) in [5.41, 5.74) is 9.86. The second-order valence-corrected chi connectivity index (χ2v) is 12.8. The van der Waals surface area contributed by atoms with Crippen LogP contribution in [-0.4, -0.2) is 0 Å². The molecule has 0 bridgehead atoms. The highest BCUT2D eigenvalue weighted by Gasteiger charge is 2.25. The Balaban J connectivity index is 1.29. The molecule has 3 heterocycles. The molecule has 8 aromatic carbocycles. The van der Waals surface area contributed by atoms with Crippen LogP contribution in [0.3, 0.4) is 0 Å². The molecule has 0 atom stereocenters. The van der Waals surface area contributed by atoms with Crippen molar-refractivity contribution < 1.29 is 13.3 Å². The molecule has 11 rings (SSSR count). The van der Waals surface area contributed by atoms with Crippen molar-refractivity contribution in [3.8, 4) is 33.6 Å². The van der Waals surface area contributed by atoms with Crippen LogP contribution >= 0.6 is 0 Å². The summed E-state index contributed by atoms with van der Waals surface area (Å²) in [5, 5.41) is 10.0. The summed E-state index contributed by atoms with van der Waals surface area (Å²) in [7, 11) is 0. The molecule has 0 aliphatic heterocycles. The fourth-order valence-electron chi connectivity index (χ4n) is 7.94. The number of benzene rings is 8. The van der Waals surface area contributed by atoms with Crippen molar-refractivity contribution in [2.45, 2.75) is 0 Å². The average molecular weight is 627 g/mol. The van der Waals surface area contributed by atoms with Crippen molar-refractivity contribution in [2.24, 2.45) is 0 Å². The lowest BCUT2D eigenvalue weighted by atomic mass is 9.84. The molecule has 228 valence electrons. The first-order valence-electron chi connectivity index (χ1n) is 16.6. The molecule has 0 aliphatic carbocycles. The van der Waals surface area contributed by atoms with Gasteiger partial charge in [-0.15, -0.1) is 0 Å². The number of rotatable bonds is 3. The Kier molecular flexibility index (Phi) is 5.38. The maximum Gasteiger partial charge on any atom is 0.144 e. The van der Waals surface area contributed by atoms with Gasteiger partial charge in [0.25, 0.3) is 0 Å². The number of para-hydroxylation sites is 2. The van der Waals surface area contributed by atoms with Gasteiger partial charge in [-0.05, 0) is 69.1 Å². The predicted octanol–water partition coefficient (Wildman–Crippen LogP) is 13.5. The largest absolute Gasteiger partial charge is 0.456 e. The number of fused-ring (bicyclic) bond motifs is 9. The molecule has 49 heavy (non-hydrogen) atoms. The molecule has 0 aliphatic rings. The molecule has 11 aromatic rings. The van der Waals surface area contributed by atoms with E-state index in [2.05, 4.69) is 115 Å². The Hall–Kier alpha value is -6.58. The molecule has 0 fully saturated rings. The minimum Gasteiger partial charge on any atom is -0.456 e. The van der Waals surface area contributed by atoms with Gasteiger partial charge in [-0.25, -0.2) is 0 Å². The predicted molar refractivity (Wildman–Crippen MR) is 202 cm³/mol. The van der Waals surface area contributed by atoms with Crippen molar-refractivity contribution in [1.82, 2.24) is 0 Å². The third kappa shape index (κ3) is 3.78. The molecule has 0 saturated carbocycles. The lowest BCUT2D eigenvalue weighted by molar-refractivity contribution is 0.631. The first-order chi connectivity index (χ1) is 24.3. The lowest BCUT2D eigenvalue weighted by Crippen LogP contribution is -1.91. The third-order valence-corrected chi connectivity index (χ3v) is 10.1. The Labute approximate surface area is 280 Å². The van der Waals surface area contributed by atoms with Gasteiger partial charge in [-0.3, -0.25) is 0 Å². The average Bonchev–Trinajstić information content (AvgIpc) is 3.86. The van der Waals surface area contributed by atoms with Crippen LogP contribution in [0.2, 0.25) is 0 Å². The summed E-state index contributed by atoms with van der Waals surface area (Å²) < 4.78 is 19.8. The third-order valence-electron chi connectivity index (χ3n) is 10.1. The monoisotopic (exact) mass is 626 g/mol. The number of hydrogen-bond acceptors (Lipinski definition) is 3. The summed E-state index contributed by atoms with van der Waals surface area (Å²) in [6, 6.07) is 55.3. The molecular weight excluding hydrogens is 601 g/mol. The van der Waals surface area contributed by atoms with E-state index in [0.29, 0.717) is 0 Å². The van der Waals surface area contributed by atoms with Gasteiger partial charge in [-0.1, -0.05) is 121 Å². The van der Waals surface area contributed by atoms with E-state index in [0.717, 1.165) is 93.6 Å². The standard InChI is InChI=1S/C46H26O3/c1-2-12-27(13-3-1)40-26-37-42(48-40)25-36-30-15-9-11-21-39(30)49-46(36)45(37)44-34-18-6-4-16-32(34)43(33-17-5-7-19-35(33)44)28-22-23-31-29-14-8-10-20-38(29)47-41(31)24-28/h1-26H. The van der Waals surface area contributed by atoms with Gasteiger partial charge in [0.05, 0.1) is 0 Å². The SMILES string of the molecule is c1ccc(-c2cc3c(-c4c5ccccc5c(-c5ccc6c(c5)oc5ccccc56)c5ccccc45)c4oc5ccccc5c4cc3o2)cc1. The van der Waals surface area contributed by atoms with E-state index in [-0.39, 0.29) is 0 Å². The van der Waals surface area contributed by atoms with Crippen LogP contribution in [0.5, 0.6) is 0 Å². The topological polar surface area (TPSA) is 39.4 Å². The van der Waals surface area contributed by atoms with Crippen LogP contribution in [-0.2, 0) is 0 Å². The van der Waals surface area contributed by atoms with Gasteiger partial charge in [0.1, 0.15) is 33.7 Å². The zero-order chi connectivity index (χ0) is 32.1. The summed E-state index contributed by atoms with van der Waals surface area (Å²) in [6.45, 7) is 0. The van der Waals surface area contributed by atoms with Crippen molar-refractivity contribution in [3.05, 3.63) is 158 Å². The van der Waals surface area contributed by atoms with Gasteiger partial charge < -0.3 is 13.3 Å². The van der Waals surface area contributed by atoms with Crippen LogP contribution < -0.4 is 0 Å². The molecule has 0 radical (unpaired) electrons. The van der Waals surface area contributed by atoms with Crippen LogP contribution in [0.1, 0.15) is 0 Å². The number of hydrogen-bond donors (Lipinski definition) is 0. The highest BCUT2D eigenvalue weighted by atomic mass is 16.3. The highest BCUT2D eigenvalue weighted by molar-refractivity contribution is 6.28. The maximum absolute atomic E-state index is 6.80. The summed E-state index contributed by atoms with van der Waals surface area (Å²) in [6.07, 6.45) is 0. The summed E-state index contributed by atoms with van der Waals surface area (Å²) in [5.74, 6) is 0.832. The Bertz CT molecular complexity index is 3040. The molecule has 3 aromatic heterocycles. The minimum atomic E-state index is 0.832. The second-order valence-electron chi connectivity index (χ2n) is 12.8. The van der Waals surface area contributed by atoms with Gasteiger partial charge >= 0.3 is 0 Å². The zero-order valence-corrected chi connectivity index (χ0v) is 26.2. The number of furan rings is 3. The molecule has 0 N–H and O–H groups in total. The fraction of sp³-hybridized carbons (Fsp3) is 0.